The van der Waals surface area contributed by atoms with E-state index >= 15 is 0 Å². The van der Waals surface area contributed by atoms with Gasteiger partial charge in [-0.2, -0.15) is 5.10 Å². The summed E-state index contributed by atoms with van der Waals surface area (Å²) in [6.07, 6.45) is 1.52. The molecular formula is C24H17Cl3N2O3S. The summed E-state index contributed by atoms with van der Waals surface area (Å²) >= 11 is 19.8. The van der Waals surface area contributed by atoms with Gasteiger partial charge in [0.25, 0.3) is 5.91 Å². The van der Waals surface area contributed by atoms with Crippen molar-refractivity contribution in [3.8, 4) is 11.5 Å². The molecule has 0 aliphatic rings. The Balaban J connectivity index is 1.42. The number of carbonyl (C=O) groups excluding carboxylic acids is 1. The van der Waals surface area contributed by atoms with Crippen LogP contribution in [0.25, 0.3) is 10.1 Å². The van der Waals surface area contributed by atoms with Crippen molar-refractivity contribution in [3.05, 3.63) is 91.7 Å². The zero-order chi connectivity index (χ0) is 23.4. The molecule has 168 valence electrons. The van der Waals surface area contributed by atoms with E-state index in [2.05, 4.69) is 10.5 Å². The first kappa shape index (κ1) is 23.4. The number of ether oxygens (including phenoxy) is 2. The third-order valence-corrected chi connectivity index (χ3v) is 6.97. The highest BCUT2D eigenvalue weighted by atomic mass is 35.5. The Bertz CT molecular complexity index is 1350. The predicted molar refractivity (Wildman–Crippen MR) is 136 cm³/mol. The van der Waals surface area contributed by atoms with Crippen LogP contribution in [-0.4, -0.2) is 19.2 Å². The molecule has 0 spiro atoms. The number of nitrogens with one attached hydrogen (secondary N) is 1. The van der Waals surface area contributed by atoms with E-state index in [-0.39, 0.29) is 12.5 Å². The molecule has 0 bridgehead atoms. The van der Waals surface area contributed by atoms with Crippen molar-refractivity contribution in [3.63, 3.8) is 0 Å². The van der Waals surface area contributed by atoms with Crippen LogP contribution >= 0.6 is 46.1 Å². The minimum atomic E-state index is -0.371. The van der Waals surface area contributed by atoms with Gasteiger partial charge in [0.15, 0.2) is 11.5 Å². The van der Waals surface area contributed by atoms with E-state index in [4.69, 9.17) is 44.3 Å². The Morgan fingerprint density at radius 2 is 1.88 bits per heavy atom. The van der Waals surface area contributed by atoms with Crippen molar-refractivity contribution in [2.75, 3.05) is 7.11 Å². The van der Waals surface area contributed by atoms with E-state index in [1.54, 1.807) is 37.4 Å². The van der Waals surface area contributed by atoms with Gasteiger partial charge in [-0.05, 0) is 42.0 Å². The number of nitrogens with zero attached hydrogens (tertiary/aromatic N) is 1. The molecule has 0 aliphatic heterocycles. The Morgan fingerprint density at radius 3 is 2.64 bits per heavy atom. The summed E-state index contributed by atoms with van der Waals surface area (Å²) in [5, 5.41) is 6.40. The average Bonchev–Trinajstić information content (AvgIpc) is 3.15. The molecule has 0 radical (unpaired) electrons. The normalized spacial score (nSPS) is 11.2. The number of halogens is 3. The molecule has 4 aromatic rings. The van der Waals surface area contributed by atoms with Crippen molar-refractivity contribution < 1.29 is 14.3 Å². The Morgan fingerprint density at radius 1 is 1.06 bits per heavy atom. The lowest BCUT2D eigenvalue weighted by Gasteiger charge is -2.12. The lowest BCUT2D eigenvalue weighted by Crippen LogP contribution is -2.16. The van der Waals surface area contributed by atoms with Gasteiger partial charge in [0.05, 0.1) is 18.3 Å². The van der Waals surface area contributed by atoms with Gasteiger partial charge in [-0.25, -0.2) is 5.43 Å². The van der Waals surface area contributed by atoms with Crippen LogP contribution in [0, 0.1) is 0 Å². The summed E-state index contributed by atoms with van der Waals surface area (Å²) in [5.74, 6) is 0.689. The highest BCUT2D eigenvalue weighted by molar-refractivity contribution is 7.21. The van der Waals surface area contributed by atoms with E-state index in [1.807, 2.05) is 30.3 Å². The van der Waals surface area contributed by atoms with Crippen LogP contribution in [0.5, 0.6) is 11.5 Å². The minimum absolute atomic E-state index is 0.256. The highest BCUT2D eigenvalue weighted by Crippen LogP contribution is 2.35. The highest BCUT2D eigenvalue weighted by Gasteiger charge is 2.16. The Labute approximate surface area is 209 Å². The number of benzene rings is 3. The monoisotopic (exact) mass is 518 g/mol. The Kier molecular flexibility index (Phi) is 7.40. The quantitative estimate of drug-likeness (QED) is 0.207. The second-order valence-electron chi connectivity index (χ2n) is 6.88. The van der Waals surface area contributed by atoms with Gasteiger partial charge in [-0.3, -0.25) is 4.79 Å². The molecule has 1 N–H and O–H groups in total. The molecule has 9 heteroatoms. The summed E-state index contributed by atoms with van der Waals surface area (Å²) in [6, 6.07) is 18.1. The van der Waals surface area contributed by atoms with E-state index in [9.17, 15) is 4.79 Å². The molecule has 0 aliphatic carbocycles. The molecule has 3 aromatic carbocycles. The van der Waals surface area contributed by atoms with Gasteiger partial charge in [-0.15, -0.1) is 11.3 Å². The molecule has 0 fully saturated rings. The number of thiophene rings is 1. The number of methoxy groups -OCH3 is 1. The van der Waals surface area contributed by atoms with Crippen LogP contribution in [0.2, 0.25) is 15.1 Å². The first-order chi connectivity index (χ1) is 16.0. The lowest BCUT2D eigenvalue weighted by atomic mass is 10.2. The molecule has 4 rings (SSSR count). The van der Waals surface area contributed by atoms with Crippen LogP contribution in [0.3, 0.4) is 0 Å². The number of hydrogen-bond acceptors (Lipinski definition) is 5. The standard InChI is InChI=1S/C24H17Cl3N2O3S/c1-31-20-10-14(6-9-19(20)32-13-15-7-8-16(25)11-18(15)26)12-28-29-24(30)23-22(27)17-4-2-3-5-21(17)33-23/h2-12H,13H2,1H3,(H,29,30). The van der Waals surface area contributed by atoms with E-state index in [0.717, 1.165) is 15.6 Å². The van der Waals surface area contributed by atoms with Crippen LogP contribution in [0.4, 0.5) is 0 Å². The largest absolute Gasteiger partial charge is 0.493 e. The van der Waals surface area contributed by atoms with Crippen molar-refractivity contribution in [1.82, 2.24) is 5.43 Å². The minimum Gasteiger partial charge on any atom is -0.493 e. The van der Waals surface area contributed by atoms with Gasteiger partial charge in [-0.1, -0.05) is 59.1 Å². The lowest BCUT2D eigenvalue weighted by molar-refractivity contribution is 0.0959. The molecular weight excluding hydrogens is 503 g/mol. The van der Waals surface area contributed by atoms with Crippen LogP contribution in [0.1, 0.15) is 20.8 Å². The molecule has 0 unspecified atom stereocenters. The van der Waals surface area contributed by atoms with E-state index < -0.39 is 0 Å². The maximum Gasteiger partial charge on any atom is 0.283 e. The van der Waals surface area contributed by atoms with Crippen LogP contribution in [0.15, 0.2) is 65.8 Å². The van der Waals surface area contributed by atoms with E-state index in [0.29, 0.717) is 37.0 Å². The topological polar surface area (TPSA) is 59.9 Å². The number of amides is 1. The number of hydrazone groups is 1. The van der Waals surface area contributed by atoms with Gasteiger partial charge in [0.2, 0.25) is 0 Å². The first-order valence-electron chi connectivity index (χ1n) is 9.71. The molecule has 1 amide bonds. The molecule has 1 aromatic heterocycles. The SMILES string of the molecule is COc1cc(C=NNC(=O)c2sc3ccccc3c2Cl)ccc1OCc1ccc(Cl)cc1Cl. The van der Waals surface area contributed by atoms with Gasteiger partial charge in [0.1, 0.15) is 11.5 Å². The van der Waals surface area contributed by atoms with Crippen LogP contribution < -0.4 is 14.9 Å². The number of rotatable bonds is 7. The summed E-state index contributed by atoms with van der Waals surface area (Å²) in [4.78, 5) is 12.9. The third-order valence-electron chi connectivity index (χ3n) is 4.71. The maximum absolute atomic E-state index is 12.5. The second kappa shape index (κ2) is 10.4. The van der Waals surface area contributed by atoms with Crippen molar-refractivity contribution in [2.45, 2.75) is 6.61 Å². The maximum atomic E-state index is 12.5. The van der Waals surface area contributed by atoms with Gasteiger partial charge < -0.3 is 9.47 Å². The third kappa shape index (κ3) is 5.42. The molecule has 5 nitrogen and oxygen atoms in total. The number of hydrogen-bond donors (Lipinski definition) is 1. The smallest absolute Gasteiger partial charge is 0.283 e. The van der Waals surface area contributed by atoms with E-state index in [1.165, 1.54) is 17.6 Å². The molecule has 33 heavy (non-hydrogen) atoms. The molecule has 0 saturated heterocycles. The number of carbonyl (C=O) groups is 1. The zero-order valence-corrected chi connectivity index (χ0v) is 20.4. The zero-order valence-electron chi connectivity index (χ0n) is 17.3. The summed E-state index contributed by atoms with van der Waals surface area (Å²) in [7, 11) is 1.55. The van der Waals surface area contributed by atoms with Crippen LogP contribution in [-0.2, 0) is 6.61 Å². The molecule has 0 atom stereocenters. The fraction of sp³-hybridized carbons (Fsp3) is 0.0833. The summed E-state index contributed by atoms with van der Waals surface area (Å²) < 4.78 is 12.2. The summed E-state index contributed by atoms with van der Waals surface area (Å²) in [6.45, 7) is 0.256. The average molecular weight is 520 g/mol. The predicted octanol–water partition coefficient (Wildman–Crippen LogP) is 7.21. The second-order valence-corrected chi connectivity index (χ2v) is 9.15. The van der Waals surface area contributed by atoms with Crippen molar-refractivity contribution >= 4 is 68.3 Å². The van der Waals surface area contributed by atoms with Gasteiger partial charge >= 0.3 is 0 Å². The fourth-order valence-electron chi connectivity index (χ4n) is 3.05. The molecule has 0 saturated carbocycles. The fourth-order valence-corrected chi connectivity index (χ4v) is 4.92. The molecule has 1 heterocycles. The Hall–Kier alpha value is -2.77. The van der Waals surface area contributed by atoms with Crippen molar-refractivity contribution in [2.24, 2.45) is 5.10 Å². The number of fused-ring (bicyclic) bond motifs is 1. The summed E-state index contributed by atoms with van der Waals surface area (Å²) in [5.41, 5.74) is 4.03. The first-order valence-corrected chi connectivity index (χ1v) is 11.7. The van der Waals surface area contributed by atoms with Crippen molar-refractivity contribution in [1.29, 1.82) is 0 Å². The van der Waals surface area contributed by atoms with Gasteiger partial charge in [0, 0.05) is 25.7 Å².